The van der Waals surface area contributed by atoms with E-state index in [9.17, 15) is 9.59 Å². The first-order chi connectivity index (χ1) is 11.6. The zero-order valence-corrected chi connectivity index (χ0v) is 14.0. The Morgan fingerprint density at radius 2 is 1.92 bits per heavy atom. The topological polar surface area (TPSA) is 68.5 Å². The van der Waals surface area contributed by atoms with Crippen molar-refractivity contribution in [2.24, 2.45) is 0 Å². The Morgan fingerprint density at radius 1 is 1.17 bits per heavy atom. The van der Waals surface area contributed by atoms with Crippen molar-refractivity contribution in [3.8, 4) is 11.1 Å². The third kappa shape index (κ3) is 2.96. The van der Waals surface area contributed by atoms with Crippen LogP contribution in [0.3, 0.4) is 0 Å². The Kier molecular flexibility index (Phi) is 4.48. The number of furan rings is 1. The van der Waals surface area contributed by atoms with Crippen LogP contribution in [0.5, 0.6) is 0 Å². The van der Waals surface area contributed by atoms with E-state index in [1.54, 1.807) is 13.0 Å². The number of ether oxygens (including phenoxy) is 1. The van der Waals surface area contributed by atoms with Crippen LogP contribution in [0.25, 0.3) is 11.1 Å². The van der Waals surface area contributed by atoms with E-state index >= 15 is 0 Å². The van der Waals surface area contributed by atoms with Gasteiger partial charge in [0.2, 0.25) is 0 Å². The Bertz CT molecular complexity index is 880. The number of amides is 1. The number of hydrogen-bond donors (Lipinski definition) is 1. The number of thiophene rings is 1. The van der Waals surface area contributed by atoms with E-state index in [0.29, 0.717) is 21.9 Å². The van der Waals surface area contributed by atoms with Crippen LogP contribution >= 0.6 is 11.3 Å². The third-order valence-electron chi connectivity index (χ3n) is 3.60. The van der Waals surface area contributed by atoms with Gasteiger partial charge in [-0.25, -0.2) is 4.79 Å². The van der Waals surface area contributed by atoms with Crippen molar-refractivity contribution in [2.75, 3.05) is 12.4 Å². The average Bonchev–Trinajstić information content (AvgIpc) is 3.21. The number of hydrogen-bond acceptors (Lipinski definition) is 5. The summed E-state index contributed by atoms with van der Waals surface area (Å²) >= 11 is 1.28. The van der Waals surface area contributed by atoms with Gasteiger partial charge < -0.3 is 14.5 Å². The number of esters is 1. The highest BCUT2D eigenvalue weighted by Crippen LogP contribution is 2.36. The lowest BCUT2D eigenvalue weighted by Crippen LogP contribution is -2.14. The van der Waals surface area contributed by atoms with Crippen molar-refractivity contribution in [3.05, 3.63) is 64.9 Å². The van der Waals surface area contributed by atoms with Crippen LogP contribution in [0.4, 0.5) is 5.00 Å². The monoisotopic (exact) mass is 341 g/mol. The minimum atomic E-state index is -0.491. The molecule has 122 valence electrons. The number of benzene rings is 1. The van der Waals surface area contributed by atoms with Gasteiger partial charge in [0, 0.05) is 10.9 Å². The first-order valence-electron chi connectivity index (χ1n) is 7.22. The highest BCUT2D eigenvalue weighted by molar-refractivity contribution is 7.15. The van der Waals surface area contributed by atoms with Crippen LogP contribution in [0.1, 0.15) is 26.5 Å². The molecule has 0 aliphatic carbocycles. The van der Waals surface area contributed by atoms with Crippen molar-refractivity contribution in [3.63, 3.8) is 0 Å². The second-order valence-corrected chi connectivity index (χ2v) is 5.94. The van der Waals surface area contributed by atoms with E-state index in [1.807, 2.05) is 35.7 Å². The number of anilines is 1. The predicted octanol–water partition coefficient (Wildman–Crippen LogP) is 4.36. The molecule has 0 spiro atoms. The van der Waals surface area contributed by atoms with E-state index in [-0.39, 0.29) is 5.91 Å². The van der Waals surface area contributed by atoms with E-state index in [4.69, 9.17) is 9.15 Å². The molecule has 2 aromatic heterocycles. The van der Waals surface area contributed by atoms with E-state index < -0.39 is 5.97 Å². The molecule has 1 aromatic carbocycles. The first-order valence-corrected chi connectivity index (χ1v) is 8.10. The summed E-state index contributed by atoms with van der Waals surface area (Å²) in [6.07, 6.45) is 1.45. The van der Waals surface area contributed by atoms with Gasteiger partial charge in [-0.1, -0.05) is 30.3 Å². The Balaban J connectivity index is 2.00. The number of rotatable bonds is 4. The summed E-state index contributed by atoms with van der Waals surface area (Å²) in [5, 5.41) is 5.06. The molecule has 1 amide bonds. The summed E-state index contributed by atoms with van der Waals surface area (Å²) in [4.78, 5) is 24.6. The van der Waals surface area contributed by atoms with Gasteiger partial charge in [0.15, 0.2) is 0 Å². The third-order valence-corrected chi connectivity index (χ3v) is 4.49. The summed E-state index contributed by atoms with van der Waals surface area (Å²) in [6.45, 7) is 1.71. The summed E-state index contributed by atoms with van der Waals surface area (Å²) in [5.41, 5.74) is 2.39. The van der Waals surface area contributed by atoms with Gasteiger partial charge in [0.25, 0.3) is 5.91 Å². The number of aryl methyl sites for hydroxylation is 1. The molecule has 1 N–H and O–H groups in total. The predicted molar refractivity (Wildman–Crippen MR) is 92.5 cm³/mol. The lowest BCUT2D eigenvalue weighted by atomic mass is 10.0. The molecule has 0 saturated carbocycles. The van der Waals surface area contributed by atoms with Gasteiger partial charge in [-0.2, -0.15) is 0 Å². The second kappa shape index (κ2) is 6.72. The number of nitrogens with one attached hydrogen (secondary N) is 1. The van der Waals surface area contributed by atoms with Crippen LogP contribution < -0.4 is 5.32 Å². The first kappa shape index (κ1) is 16.0. The molecular formula is C18H15NO4S. The molecule has 5 nitrogen and oxygen atoms in total. The molecule has 3 aromatic rings. The summed E-state index contributed by atoms with van der Waals surface area (Å²) < 4.78 is 10.0. The highest BCUT2D eigenvalue weighted by atomic mass is 32.1. The maximum absolute atomic E-state index is 12.4. The van der Waals surface area contributed by atoms with Crippen LogP contribution in [0.15, 0.2) is 52.5 Å². The molecule has 0 unspecified atom stereocenters. The van der Waals surface area contributed by atoms with Gasteiger partial charge in [-0.05, 0) is 18.6 Å². The average molecular weight is 341 g/mol. The fourth-order valence-corrected chi connectivity index (χ4v) is 3.33. The quantitative estimate of drug-likeness (QED) is 0.716. The number of carbonyl (C=O) groups excluding carboxylic acids is 2. The fraction of sp³-hybridized carbons (Fsp3) is 0.111. The summed E-state index contributed by atoms with van der Waals surface area (Å²) in [6, 6.07) is 11.1. The van der Waals surface area contributed by atoms with Gasteiger partial charge in [-0.3, -0.25) is 4.79 Å². The van der Waals surface area contributed by atoms with Crippen LogP contribution in [0, 0.1) is 6.92 Å². The molecule has 6 heteroatoms. The molecule has 0 bridgehead atoms. The van der Waals surface area contributed by atoms with Crippen LogP contribution in [0.2, 0.25) is 0 Å². The lowest BCUT2D eigenvalue weighted by molar-refractivity contribution is 0.0603. The van der Waals surface area contributed by atoms with Crippen molar-refractivity contribution < 1.29 is 18.7 Å². The molecule has 0 radical (unpaired) electrons. The number of carbonyl (C=O) groups is 2. The molecule has 24 heavy (non-hydrogen) atoms. The molecule has 2 heterocycles. The molecule has 0 atom stereocenters. The zero-order chi connectivity index (χ0) is 17.1. The van der Waals surface area contributed by atoms with E-state index in [0.717, 1.165) is 11.1 Å². The second-order valence-electron chi connectivity index (χ2n) is 5.06. The van der Waals surface area contributed by atoms with Gasteiger partial charge >= 0.3 is 5.97 Å². The molecule has 0 fully saturated rings. The van der Waals surface area contributed by atoms with Crippen molar-refractivity contribution in [1.82, 2.24) is 0 Å². The van der Waals surface area contributed by atoms with E-state index in [1.165, 1.54) is 24.7 Å². The van der Waals surface area contributed by atoms with Crippen LogP contribution in [-0.4, -0.2) is 19.0 Å². The molecule has 0 saturated heterocycles. The van der Waals surface area contributed by atoms with Crippen LogP contribution in [-0.2, 0) is 4.74 Å². The van der Waals surface area contributed by atoms with Gasteiger partial charge in [0.05, 0.1) is 18.9 Å². The fourth-order valence-electron chi connectivity index (χ4n) is 2.38. The summed E-state index contributed by atoms with van der Waals surface area (Å²) in [7, 11) is 1.32. The maximum atomic E-state index is 12.4. The number of methoxy groups -OCH3 is 1. The van der Waals surface area contributed by atoms with Crippen molar-refractivity contribution >= 4 is 28.2 Å². The van der Waals surface area contributed by atoms with Crippen molar-refractivity contribution in [1.29, 1.82) is 0 Å². The minimum Gasteiger partial charge on any atom is -0.469 e. The Morgan fingerprint density at radius 3 is 2.54 bits per heavy atom. The summed E-state index contributed by atoms with van der Waals surface area (Å²) in [5.74, 6) is -0.297. The molecule has 0 aliphatic rings. The zero-order valence-electron chi connectivity index (χ0n) is 13.2. The van der Waals surface area contributed by atoms with Gasteiger partial charge in [0.1, 0.15) is 16.3 Å². The Hall–Kier alpha value is -2.86. The smallest absolute Gasteiger partial charge is 0.341 e. The normalized spacial score (nSPS) is 10.4. The maximum Gasteiger partial charge on any atom is 0.341 e. The van der Waals surface area contributed by atoms with Crippen molar-refractivity contribution in [2.45, 2.75) is 6.92 Å². The SMILES string of the molecule is COC(=O)c1c(-c2ccccc2)csc1NC(=O)c1ccoc1C. The molecule has 0 aliphatic heterocycles. The lowest BCUT2D eigenvalue weighted by Gasteiger charge is -2.07. The standard InChI is InChI=1S/C18H15NO4S/c1-11-13(8-9-23-11)16(20)19-17-15(18(21)22-2)14(10-24-17)12-6-4-3-5-7-12/h3-10H,1-2H3,(H,19,20). The molecular weight excluding hydrogens is 326 g/mol. The largest absolute Gasteiger partial charge is 0.469 e. The van der Waals surface area contributed by atoms with Gasteiger partial charge in [-0.15, -0.1) is 11.3 Å². The molecule has 3 rings (SSSR count). The highest BCUT2D eigenvalue weighted by Gasteiger charge is 2.23. The minimum absolute atomic E-state index is 0.326. The Labute approximate surface area is 142 Å². The van der Waals surface area contributed by atoms with E-state index in [2.05, 4.69) is 5.32 Å².